The van der Waals surface area contributed by atoms with Crippen molar-refractivity contribution in [1.29, 1.82) is 0 Å². The van der Waals surface area contributed by atoms with Crippen LogP contribution in [0.25, 0.3) is 0 Å². The van der Waals surface area contributed by atoms with Crippen molar-refractivity contribution in [2.75, 3.05) is 11.2 Å². The lowest BCUT2D eigenvalue weighted by molar-refractivity contribution is -0.384. The van der Waals surface area contributed by atoms with Gasteiger partial charge in [0.15, 0.2) is 5.78 Å². The van der Waals surface area contributed by atoms with Gasteiger partial charge in [0.05, 0.1) is 27.3 Å². The predicted molar refractivity (Wildman–Crippen MR) is 156 cm³/mol. The summed E-state index contributed by atoms with van der Waals surface area (Å²) in [6, 6.07) is 27.3. The van der Waals surface area contributed by atoms with Gasteiger partial charge in [-0.05, 0) is 84.6 Å². The number of nitro groups is 1. The number of anilines is 1. The number of urea groups is 1. The van der Waals surface area contributed by atoms with Gasteiger partial charge in [-0.3, -0.25) is 19.8 Å². The third-order valence-electron chi connectivity index (χ3n) is 6.25. The van der Waals surface area contributed by atoms with Crippen LogP contribution in [0.15, 0.2) is 114 Å². The highest BCUT2D eigenvalue weighted by Crippen LogP contribution is 2.40. The average Bonchev–Trinajstić information content (AvgIpc) is 2.97. The van der Waals surface area contributed by atoms with E-state index in [9.17, 15) is 19.7 Å². The molecule has 1 heterocycles. The molecule has 0 spiro atoms. The summed E-state index contributed by atoms with van der Waals surface area (Å²) >= 11 is 7.31. The van der Waals surface area contributed by atoms with E-state index in [-0.39, 0.29) is 11.5 Å². The molecule has 200 valence electrons. The van der Waals surface area contributed by atoms with E-state index < -0.39 is 17.0 Å². The number of carbonyl (C=O) groups is 2. The third-order valence-corrected chi connectivity index (χ3v) is 7.29. The number of hydrogen-bond donors (Lipinski definition) is 1. The first-order valence-electron chi connectivity index (χ1n) is 12.1. The van der Waals surface area contributed by atoms with E-state index in [0.29, 0.717) is 43.9 Å². The number of nitro benzene ring substituents is 1. The number of nitrogens with one attached hydrogen (secondary N) is 1. The van der Waals surface area contributed by atoms with Gasteiger partial charge in [-0.2, -0.15) is 0 Å². The van der Waals surface area contributed by atoms with Gasteiger partial charge >= 0.3 is 6.03 Å². The van der Waals surface area contributed by atoms with Crippen molar-refractivity contribution in [3.63, 3.8) is 0 Å². The van der Waals surface area contributed by atoms with Crippen LogP contribution in [0.2, 0.25) is 5.02 Å². The number of Topliss-reactive ketones (excluding diaryl/α,β-unsaturated/α-hetero) is 1. The van der Waals surface area contributed by atoms with Crippen molar-refractivity contribution in [2.24, 2.45) is 0 Å². The monoisotopic (exact) mass is 571 g/mol. The lowest BCUT2D eigenvalue weighted by Gasteiger charge is -2.36. The van der Waals surface area contributed by atoms with E-state index in [1.54, 1.807) is 66.9 Å². The Bertz CT molecular complexity index is 1590. The molecule has 0 saturated heterocycles. The molecule has 0 saturated carbocycles. The normalized spacial score (nSPS) is 15.0. The number of hydrogen-bond acceptors (Lipinski definition) is 6. The fourth-order valence-corrected chi connectivity index (χ4v) is 5.27. The number of benzene rings is 4. The highest BCUT2D eigenvalue weighted by molar-refractivity contribution is 8.02. The molecule has 0 radical (unpaired) electrons. The van der Waals surface area contributed by atoms with Crippen LogP contribution in [0.3, 0.4) is 0 Å². The highest BCUT2D eigenvalue weighted by atomic mass is 35.5. The van der Waals surface area contributed by atoms with Gasteiger partial charge < -0.3 is 10.1 Å². The van der Waals surface area contributed by atoms with Crippen LogP contribution in [-0.4, -0.2) is 23.0 Å². The van der Waals surface area contributed by atoms with Crippen LogP contribution in [-0.2, 0) is 0 Å². The summed E-state index contributed by atoms with van der Waals surface area (Å²) in [5, 5.41) is 15.0. The Labute approximate surface area is 239 Å². The standard InChI is InChI=1S/C30H22ClN3O5S/c1-40-29-26(28(35)20-7-11-21(31)12-8-20)27(19-9-13-23(14-10-19)34(37)38)32-30(36)33(29)22-15-17-25(18-16-22)39-24-5-3-2-4-6-24/h2-18,27H,1H3,(H,32,36)/t27-/m0/s1. The summed E-state index contributed by atoms with van der Waals surface area (Å²) in [5.74, 6) is 0.958. The molecule has 0 aromatic heterocycles. The number of ketones is 1. The number of amides is 2. The topological polar surface area (TPSA) is 102 Å². The first-order valence-corrected chi connectivity index (χ1v) is 13.7. The van der Waals surface area contributed by atoms with E-state index in [1.165, 1.54) is 28.8 Å². The predicted octanol–water partition coefficient (Wildman–Crippen LogP) is 7.77. The number of halogens is 1. The zero-order valence-electron chi connectivity index (χ0n) is 21.1. The van der Waals surface area contributed by atoms with Crippen molar-refractivity contribution < 1.29 is 19.2 Å². The number of nitrogens with zero attached hydrogens (tertiary/aromatic N) is 2. The minimum atomic E-state index is -0.837. The second kappa shape index (κ2) is 11.6. The molecular weight excluding hydrogens is 550 g/mol. The molecule has 40 heavy (non-hydrogen) atoms. The molecular formula is C30H22ClN3O5S. The second-order valence-electron chi connectivity index (χ2n) is 8.73. The third kappa shape index (κ3) is 5.56. The Kier molecular flexibility index (Phi) is 7.86. The van der Waals surface area contributed by atoms with Crippen LogP contribution in [0, 0.1) is 10.1 Å². The Morgan fingerprint density at radius 3 is 2.15 bits per heavy atom. The van der Waals surface area contributed by atoms with Crippen LogP contribution in [0.4, 0.5) is 16.2 Å². The van der Waals surface area contributed by atoms with Crippen molar-refractivity contribution >= 4 is 46.6 Å². The molecule has 1 aliphatic rings. The molecule has 1 aliphatic heterocycles. The molecule has 2 amide bonds. The van der Waals surface area contributed by atoms with Crippen LogP contribution in [0.1, 0.15) is 22.0 Å². The molecule has 5 rings (SSSR count). The minimum absolute atomic E-state index is 0.0926. The summed E-state index contributed by atoms with van der Waals surface area (Å²) in [6.45, 7) is 0. The lowest BCUT2D eigenvalue weighted by Crippen LogP contribution is -2.48. The van der Waals surface area contributed by atoms with Gasteiger partial charge in [0.2, 0.25) is 0 Å². The lowest BCUT2D eigenvalue weighted by atomic mass is 9.91. The largest absolute Gasteiger partial charge is 0.457 e. The molecule has 0 aliphatic carbocycles. The first-order chi connectivity index (χ1) is 19.4. The van der Waals surface area contributed by atoms with Crippen molar-refractivity contribution in [3.05, 3.63) is 140 Å². The maximum atomic E-state index is 14.0. The van der Waals surface area contributed by atoms with Crippen molar-refractivity contribution in [2.45, 2.75) is 6.04 Å². The van der Waals surface area contributed by atoms with Crippen LogP contribution >= 0.6 is 23.4 Å². The molecule has 4 aromatic carbocycles. The van der Waals surface area contributed by atoms with E-state index >= 15 is 0 Å². The maximum Gasteiger partial charge on any atom is 0.327 e. The highest BCUT2D eigenvalue weighted by Gasteiger charge is 2.38. The van der Waals surface area contributed by atoms with Crippen molar-refractivity contribution in [3.8, 4) is 11.5 Å². The quantitative estimate of drug-likeness (QED) is 0.132. The number of ether oxygens (including phenoxy) is 1. The van der Waals surface area contributed by atoms with Crippen LogP contribution < -0.4 is 15.0 Å². The summed E-state index contributed by atoms with van der Waals surface area (Å²) in [7, 11) is 0. The molecule has 10 heteroatoms. The Morgan fingerprint density at radius 1 is 0.925 bits per heavy atom. The van der Waals surface area contributed by atoms with Gasteiger partial charge in [-0.15, -0.1) is 11.8 Å². The first kappa shape index (κ1) is 27.0. The summed E-state index contributed by atoms with van der Waals surface area (Å²) < 4.78 is 5.88. The van der Waals surface area contributed by atoms with Gasteiger partial charge in [0.1, 0.15) is 11.5 Å². The number of carbonyl (C=O) groups excluding carboxylic acids is 2. The Morgan fingerprint density at radius 2 is 1.55 bits per heavy atom. The summed E-state index contributed by atoms with van der Waals surface area (Å²) in [5.41, 5.74) is 1.69. The molecule has 4 aromatic rings. The van der Waals surface area contributed by atoms with Crippen molar-refractivity contribution in [1.82, 2.24) is 5.32 Å². The van der Waals surface area contributed by atoms with Gasteiger partial charge in [0.25, 0.3) is 5.69 Å². The molecule has 1 atom stereocenters. The zero-order valence-corrected chi connectivity index (χ0v) is 22.7. The molecule has 1 N–H and O–H groups in total. The molecule has 8 nitrogen and oxygen atoms in total. The summed E-state index contributed by atoms with van der Waals surface area (Å²) in [4.78, 5) is 39.6. The van der Waals surface area contributed by atoms with E-state index in [1.807, 2.05) is 30.3 Å². The van der Waals surface area contributed by atoms with Gasteiger partial charge in [0, 0.05) is 22.7 Å². The Hall–Kier alpha value is -4.60. The Balaban J connectivity index is 1.58. The van der Waals surface area contributed by atoms with Gasteiger partial charge in [-0.25, -0.2) is 4.79 Å². The molecule has 0 unspecified atom stereocenters. The van der Waals surface area contributed by atoms with E-state index in [0.717, 1.165) is 0 Å². The maximum absolute atomic E-state index is 14.0. The number of thioether (sulfide) groups is 1. The second-order valence-corrected chi connectivity index (χ2v) is 9.97. The fraction of sp³-hybridized carbons (Fsp3) is 0.0667. The number of rotatable bonds is 8. The average molecular weight is 572 g/mol. The molecule has 0 bridgehead atoms. The number of non-ortho nitro benzene ring substituents is 1. The smallest absolute Gasteiger partial charge is 0.327 e. The van der Waals surface area contributed by atoms with E-state index in [2.05, 4.69) is 5.32 Å². The zero-order chi connectivity index (χ0) is 28.2. The number of para-hydroxylation sites is 1. The molecule has 0 fully saturated rings. The van der Waals surface area contributed by atoms with Crippen LogP contribution in [0.5, 0.6) is 11.5 Å². The fourth-order valence-electron chi connectivity index (χ4n) is 4.34. The van der Waals surface area contributed by atoms with E-state index in [4.69, 9.17) is 16.3 Å². The minimum Gasteiger partial charge on any atom is -0.457 e. The SMILES string of the molecule is CSC1=C(C(=O)c2ccc(Cl)cc2)[C@H](c2ccc([N+](=O)[O-])cc2)NC(=O)N1c1ccc(Oc2ccccc2)cc1. The summed E-state index contributed by atoms with van der Waals surface area (Å²) in [6.07, 6.45) is 1.79. The van der Waals surface area contributed by atoms with Gasteiger partial charge in [-0.1, -0.05) is 29.8 Å².